The number of H-pyrrole nitrogens is 1. The maximum absolute atomic E-state index is 12.5. The second kappa shape index (κ2) is 9.41. The number of allylic oxidation sites excluding steroid dienone is 5. The molecule has 3 nitrogen and oxygen atoms in total. The largest absolute Gasteiger partial charge is 0.299 e. The summed E-state index contributed by atoms with van der Waals surface area (Å²) >= 11 is 0. The van der Waals surface area contributed by atoms with Crippen LogP contribution in [0.5, 0.6) is 0 Å². The first-order valence-electron chi connectivity index (χ1n) is 9.19. The van der Waals surface area contributed by atoms with Crippen LogP contribution in [0.4, 0.5) is 0 Å². The Hall–Kier alpha value is -1.90. The topological polar surface area (TPSA) is 45.8 Å². The summed E-state index contributed by atoms with van der Waals surface area (Å²) in [5.41, 5.74) is 2.76. The number of Topliss-reactive ketones (excluding diaryl/α,β-unsaturated/α-hetero) is 1. The number of rotatable bonds is 10. The Kier molecular flexibility index (Phi) is 7.23. The molecular formula is C21H30N2O. The van der Waals surface area contributed by atoms with Crippen LogP contribution in [0.25, 0.3) is 5.57 Å². The van der Waals surface area contributed by atoms with Crippen molar-refractivity contribution in [2.45, 2.75) is 58.8 Å². The van der Waals surface area contributed by atoms with Gasteiger partial charge < -0.3 is 0 Å². The van der Waals surface area contributed by atoms with Gasteiger partial charge in [0.1, 0.15) is 5.78 Å². The molecule has 1 aromatic rings. The van der Waals surface area contributed by atoms with Gasteiger partial charge in [-0.2, -0.15) is 5.10 Å². The fraction of sp³-hybridized carbons (Fsp3) is 0.524. The van der Waals surface area contributed by atoms with E-state index in [9.17, 15) is 4.79 Å². The summed E-state index contributed by atoms with van der Waals surface area (Å²) < 4.78 is 0. The van der Waals surface area contributed by atoms with Crippen LogP contribution in [0, 0.1) is 11.8 Å². The molecule has 1 atom stereocenters. The molecule has 2 rings (SSSR count). The standard InChI is InChI=1S/C21H30N2O/c1-4-8-17(9-5-2)21-15-19(22-23-21)14-20(24)13-18(10-6-3)16-11-7-12-16/h4-5,8-9,15-16,18H,1,6-7,10-14H2,2-3H3,(H,22,23)/b9-5-,17-8+. The Morgan fingerprint density at radius 3 is 2.88 bits per heavy atom. The molecule has 1 saturated carbocycles. The molecule has 0 amide bonds. The van der Waals surface area contributed by atoms with Crippen LogP contribution < -0.4 is 0 Å². The maximum atomic E-state index is 12.5. The van der Waals surface area contributed by atoms with Gasteiger partial charge >= 0.3 is 0 Å². The predicted molar refractivity (Wildman–Crippen MR) is 101 cm³/mol. The number of nitrogens with zero attached hydrogens (tertiary/aromatic N) is 1. The summed E-state index contributed by atoms with van der Waals surface area (Å²) in [7, 11) is 0. The highest BCUT2D eigenvalue weighted by Gasteiger charge is 2.28. The first-order chi connectivity index (χ1) is 11.7. The van der Waals surface area contributed by atoms with Crippen LogP contribution >= 0.6 is 0 Å². The van der Waals surface area contributed by atoms with Crippen molar-refractivity contribution in [1.82, 2.24) is 10.2 Å². The van der Waals surface area contributed by atoms with E-state index in [1.54, 1.807) is 6.08 Å². The van der Waals surface area contributed by atoms with Gasteiger partial charge in [0, 0.05) is 24.1 Å². The minimum atomic E-state index is 0.329. The SMILES string of the molecule is C=C/C=C(\C=C/C)c1cc(CC(=O)CC(CCC)C2CCC2)[nH]n1. The molecule has 0 radical (unpaired) electrons. The van der Waals surface area contributed by atoms with Crippen molar-refractivity contribution in [3.63, 3.8) is 0 Å². The summed E-state index contributed by atoms with van der Waals surface area (Å²) in [5, 5.41) is 7.36. The van der Waals surface area contributed by atoms with Crippen LogP contribution in [-0.4, -0.2) is 16.0 Å². The van der Waals surface area contributed by atoms with Crippen LogP contribution in [-0.2, 0) is 11.2 Å². The number of ketones is 1. The second-order valence-corrected chi connectivity index (χ2v) is 6.80. The van der Waals surface area contributed by atoms with Gasteiger partial charge in [-0.15, -0.1) is 0 Å². The predicted octanol–water partition coefficient (Wildman–Crippen LogP) is 5.27. The highest BCUT2D eigenvalue weighted by atomic mass is 16.1. The van der Waals surface area contributed by atoms with Gasteiger partial charge in [-0.05, 0) is 24.8 Å². The minimum absolute atomic E-state index is 0.329. The molecule has 0 bridgehead atoms. The molecule has 1 fully saturated rings. The first kappa shape index (κ1) is 18.4. The van der Waals surface area contributed by atoms with Crippen molar-refractivity contribution in [3.05, 3.63) is 48.3 Å². The molecule has 1 N–H and O–H groups in total. The van der Waals surface area contributed by atoms with Gasteiger partial charge in [0.05, 0.1) is 5.69 Å². The number of carbonyl (C=O) groups is 1. The van der Waals surface area contributed by atoms with E-state index in [0.717, 1.165) is 29.3 Å². The number of nitrogens with one attached hydrogen (secondary N) is 1. The molecule has 1 aromatic heterocycles. The zero-order valence-corrected chi connectivity index (χ0v) is 15.1. The molecule has 0 saturated heterocycles. The molecular weight excluding hydrogens is 296 g/mol. The third-order valence-electron chi connectivity index (χ3n) is 4.92. The quantitative estimate of drug-likeness (QED) is 0.595. The lowest BCUT2D eigenvalue weighted by Gasteiger charge is -2.33. The van der Waals surface area contributed by atoms with Crippen molar-refractivity contribution >= 4 is 11.4 Å². The van der Waals surface area contributed by atoms with E-state index in [1.165, 1.54) is 32.1 Å². The first-order valence-corrected chi connectivity index (χ1v) is 9.19. The normalized spacial score (nSPS) is 17.0. The third kappa shape index (κ3) is 5.05. The number of hydrogen-bond acceptors (Lipinski definition) is 2. The van der Waals surface area contributed by atoms with Crippen molar-refractivity contribution in [1.29, 1.82) is 0 Å². The third-order valence-corrected chi connectivity index (χ3v) is 4.92. The molecule has 0 spiro atoms. The van der Waals surface area contributed by atoms with E-state index in [1.807, 2.05) is 31.2 Å². The van der Waals surface area contributed by atoms with E-state index >= 15 is 0 Å². The smallest absolute Gasteiger partial charge is 0.139 e. The summed E-state index contributed by atoms with van der Waals surface area (Å²) in [6.07, 6.45) is 15.1. The molecule has 1 aliphatic rings. The Morgan fingerprint density at radius 1 is 1.50 bits per heavy atom. The lowest BCUT2D eigenvalue weighted by molar-refractivity contribution is -0.120. The summed E-state index contributed by atoms with van der Waals surface area (Å²) in [4.78, 5) is 12.5. The number of carbonyl (C=O) groups excluding carboxylic acids is 1. The van der Waals surface area contributed by atoms with E-state index in [0.29, 0.717) is 18.1 Å². The van der Waals surface area contributed by atoms with Crippen molar-refractivity contribution in [2.24, 2.45) is 11.8 Å². The maximum Gasteiger partial charge on any atom is 0.139 e. The van der Waals surface area contributed by atoms with Crippen molar-refractivity contribution in [3.8, 4) is 0 Å². The summed E-state index contributed by atoms with van der Waals surface area (Å²) in [6, 6.07) is 1.98. The average Bonchev–Trinajstić information content (AvgIpc) is 2.93. The molecule has 1 unspecified atom stereocenters. The molecule has 24 heavy (non-hydrogen) atoms. The van der Waals surface area contributed by atoms with Gasteiger partial charge in [-0.1, -0.05) is 69.9 Å². The number of aromatic nitrogens is 2. The number of aromatic amines is 1. The minimum Gasteiger partial charge on any atom is -0.299 e. The Balaban J connectivity index is 1.96. The van der Waals surface area contributed by atoms with Gasteiger partial charge in [0.15, 0.2) is 0 Å². The van der Waals surface area contributed by atoms with E-state index in [4.69, 9.17) is 0 Å². The highest BCUT2D eigenvalue weighted by Crippen LogP contribution is 2.37. The molecule has 0 aliphatic heterocycles. The van der Waals surface area contributed by atoms with Crippen molar-refractivity contribution < 1.29 is 4.79 Å². The molecule has 3 heteroatoms. The summed E-state index contributed by atoms with van der Waals surface area (Å²) in [6.45, 7) is 7.93. The van der Waals surface area contributed by atoms with E-state index in [-0.39, 0.29) is 0 Å². The lowest BCUT2D eigenvalue weighted by Crippen LogP contribution is -2.25. The van der Waals surface area contributed by atoms with Crippen LogP contribution in [0.1, 0.15) is 63.8 Å². The lowest BCUT2D eigenvalue weighted by atomic mass is 9.72. The van der Waals surface area contributed by atoms with Gasteiger partial charge in [-0.25, -0.2) is 0 Å². The van der Waals surface area contributed by atoms with Crippen LogP contribution in [0.2, 0.25) is 0 Å². The zero-order valence-electron chi connectivity index (χ0n) is 15.1. The zero-order chi connectivity index (χ0) is 17.4. The van der Waals surface area contributed by atoms with Gasteiger partial charge in [0.25, 0.3) is 0 Å². The second-order valence-electron chi connectivity index (χ2n) is 6.80. The molecule has 1 heterocycles. The fourth-order valence-electron chi connectivity index (χ4n) is 3.50. The Morgan fingerprint density at radius 2 is 2.29 bits per heavy atom. The molecule has 0 aromatic carbocycles. The van der Waals surface area contributed by atoms with E-state index < -0.39 is 0 Å². The Bertz CT molecular complexity index is 605. The van der Waals surface area contributed by atoms with Gasteiger partial charge in [0.2, 0.25) is 0 Å². The highest BCUT2D eigenvalue weighted by molar-refractivity contribution is 5.81. The van der Waals surface area contributed by atoms with Crippen LogP contribution in [0.3, 0.4) is 0 Å². The fourth-order valence-corrected chi connectivity index (χ4v) is 3.50. The monoisotopic (exact) mass is 326 g/mol. The summed E-state index contributed by atoms with van der Waals surface area (Å²) in [5.74, 6) is 1.69. The van der Waals surface area contributed by atoms with E-state index in [2.05, 4.69) is 23.7 Å². The molecule has 130 valence electrons. The Labute approximate surface area is 145 Å². The molecule has 1 aliphatic carbocycles. The van der Waals surface area contributed by atoms with Crippen molar-refractivity contribution in [2.75, 3.05) is 0 Å². The van der Waals surface area contributed by atoms with Gasteiger partial charge in [-0.3, -0.25) is 9.89 Å². The average molecular weight is 326 g/mol. The number of hydrogen-bond donors (Lipinski definition) is 1. The van der Waals surface area contributed by atoms with Crippen LogP contribution in [0.15, 0.2) is 36.9 Å².